The van der Waals surface area contributed by atoms with Crippen molar-refractivity contribution in [2.45, 2.75) is 13.0 Å². The molecule has 0 radical (unpaired) electrons. The van der Waals surface area contributed by atoms with Crippen LogP contribution in [0.2, 0.25) is 5.02 Å². The quantitative estimate of drug-likeness (QED) is 0.620. The first-order valence-electron chi connectivity index (χ1n) is 10.3. The lowest BCUT2D eigenvalue weighted by Crippen LogP contribution is -2.45. The highest BCUT2D eigenvalue weighted by Crippen LogP contribution is 2.20. The Hall–Kier alpha value is -2.82. The first-order chi connectivity index (χ1) is 14.7. The maximum absolute atomic E-state index is 12.3. The Balaban J connectivity index is 1.26. The SMILES string of the molecule is O=C(Cc1ccc(Cl)cc1)Nc1ccc(N2CCN(Cc3ccccc3)CC2)cc1. The molecule has 0 spiro atoms. The summed E-state index contributed by atoms with van der Waals surface area (Å²) in [6.45, 7) is 5.13. The standard InChI is InChI=1S/C25H26ClN3O/c26-22-8-6-20(7-9-22)18-25(30)27-23-10-12-24(13-11-23)29-16-14-28(15-17-29)19-21-4-2-1-3-5-21/h1-13H,14-19H2,(H,27,30). The van der Waals surface area contributed by atoms with Gasteiger partial charge in [-0.1, -0.05) is 54.1 Å². The van der Waals surface area contributed by atoms with Crippen molar-refractivity contribution in [1.29, 1.82) is 0 Å². The number of nitrogens with zero attached hydrogens (tertiary/aromatic N) is 2. The Bertz CT molecular complexity index is 950. The van der Waals surface area contributed by atoms with Gasteiger partial charge in [-0.25, -0.2) is 0 Å². The molecule has 1 amide bonds. The van der Waals surface area contributed by atoms with Gasteiger partial charge in [-0.15, -0.1) is 0 Å². The zero-order chi connectivity index (χ0) is 20.8. The lowest BCUT2D eigenvalue weighted by atomic mass is 10.1. The average molecular weight is 420 g/mol. The smallest absolute Gasteiger partial charge is 0.228 e. The number of nitrogens with one attached hydrogen (secondary N) is 1. The number of hydrogen-bond donors (Lipinski definition) is 1. The summed E-state index contributed by atoms with van der Waals surface area (Å²) in [5.74, 6) is -0.0281. The minimum Gasteiger partial charge on any atom is -0.369 e. The molecule has 3 aromatic carbocycles. The van der Waals surface area contributed by atoms with Crippen molar-refractivity contribution in [1.82, 2.24) is 4.90 Å². The molecule has 1 aliphatic heterocycles. The van der Waals surface area contributed by atoms with Crippen LogP contribution in [-0.4, -0.2) is 37.0 Å². The van der Waals surface area contributed by atoms with E-state index in [1.54, 1.807) is 12.1 Å². The summed E-state index contributed by atoms with van der Waals surface area (Å²) < 4.78 is 0. The second-order valence-corrected chi connectivity index (χ2v) is 8.08. The molecule has 4 nitrogen and oxygen atoms in total. The van der Waals surface area contributed by atoms with Crippen LogP contribution in [0, 0.1) is 0 Å². The van der Waals surface area contributed by atoms with Gasteiger partial charge in [0.05, 0.1) is 6.42 Å². The Morgan fingerprint density at radius 2 is 1.47 bits per heavy atom. The van der Waals surface area contributed by atoms with Gasteiger partial charge in [-0.2, -0.15) is 0 Å². The van der Waals surface area contributed by atoms with Gasteiger partial charge in [0, 0.05) is 49.1 Å². The molecule has 4 rings (SSSR count). The molecule has 1 fully saturated rings. The van der Waals surface area contributed by atoms with Crippen LogP contribution in [0.4, 0.5) is 11.4 Å². The average Bonchev–Trinajstić information content (AvgIpc) is 2.77. The monoisotopic (exact) mass is 419 g/mol. The van der Waals surface area contributed by atoms with E-state index >= 15 is 0 Å². The molecular formula is C25H26ClN3O. The molecule has 0 unspecified atom stereocenters. The second-order valence-electron chi connectivity index (χ2n) is 7.65. The summed E-state index contributed by atoms with van der Waals surface area (Å²) in [5, 5.41) is 3.65. The van der Waals surface area contributed by atoms with E-state index in [1.165, 1.54) is 11.3 Å². The first-order valence-corrected chi connectivity index (χ1v) is 10.7. The topological polar surface area (TPSA) is 35.6 Å². The molecule has 0 atom stereocenters. The van der Waals surface area contributed by atoms with Gasteiger partial charge in [-0.3, -0.25) is 9.69 Å². The molecule has 1 aliphatic rings. The van der Waals surface area contributed by atoms with Crippen molar-refractivity contribution in [3.8, 4) is 0 Å². The van der Waals surface area contributed by atoms with Crippen LogP contribution in [0.5, 0.6) is 0 Å². The molecule has 1 saturated heterocycles. The minimum absolute atomic E-state index is 0.0281. The van der Waals surface area contributed by atoms with Crippen molar-refractivity contribution in [3.05, 3.63) is 95.0 Å². The Morgan fingerprint density at radius 3 is 2.13 bits per heavy atom. The second kappa shape index (κ2) is 9.79. The zero-order valence-corrected chi connectivity index (χ0v) is 17.7. The molecule has 1 heterocycles. The number of hydrogen-bond acceptors (Lipinski definition) is 3. The maximum atomic E-state index is 12.3. The third kappa shape index (κ3) is 5.62. The van der Waals surface area contributed by atoms with E-state index in [-0.39, 0.29) is 5.91 Å². The molecule has 154 valence electrons. The highest BCUT2D eigenvalue weighted by molar-refractivity contribution is 6.30. The number of carbonyl (C=O) groups is 1. The van der Waals surface area contributed by atoms with E-state index in [0.717, 1.165) is 44.0 Å². The van der Waals surface area contributed by atoms with Crippen LogP contribution in [0.1, 0.15) is 11.1 Å². The fraction of sp³-hybridized carbons (Fsp3) is 0.240. The number of amides is 1. The van der Waals surface area contributed by atoms with Gasteiger partial charge in [0.15, 0.2) is 0 Å². The van der Waals surface area contributed by atoms with Gasteiger partial charge >= 0.3 is 0 Å². The van der Waals surface area contributed by atoms with Gasteiger partial charge in [0.2, 0.25) is 5.91 Å². The Kier molecular flexibility index (Phi) is 6.67. The highest BCUT2D eigenvalue weighted by atomic mass is 35.5. The van der Waals surface area contributed by atoms with E-state index in [9.17, 15) is 4.79 Å². The summed E-state index contributed by atoms with van der Waals surface area (Å²) in [6.07, 6.45) is 0.336. The zero-order valence-electron chi connectivity index (χ0n) is 16.9. The molecule has 30 heavy (non-hydrogen) atoms. The number of rotatable bonds is 6. The lowest BCUT2D eigenvalue weighted by molar-refractivity contribution is -0.115. The number of anilines is 2. The summed E-state index contributed by atoms with van der Waals surface area (Å²) in [5.41, 5.74) is 4.33. The van der Waals surface area contributed by atoms with Crippen LogP contribution < -0.4 is 10.2 Å². The Labute approximate surface area is 183 Å². The van der Waals surface area contributed by atoms with Gasteiger partial charge < -0.3 is 10.2 Å². The van der Waals surface area contributed by atoms with E-state index in [0.29, 0.717) is 11.4 Å². The van der Waals surface area contributed by atoms with Crippen LogP contribution in [-0.2, 0) is 17.8 Å². The van der Waals surface area contributed by atoms with Crippen LogP contribution in [0.3, 0.4) is 0 Å². The lowest BCUT2D eigenvalue weighted by Gasteiger charge is -2.36. The highest BCUT2D eigenvalue weighted by Gasteiger charge is 2.17. The predicted octanol–water partition coefficient (Wildman–Crippen LogP) is 4.84. The molecule has 0 aromatic heterocycles. The van der Waals surface area contributed by atoms with Crippen LogP contribution >= 0.6 is 11.6 Å². The number of carbonyl (C=O) groups excluding carboxylic acids is 1. The fourth-order valence-electron chi connectivity index (χ4n) is 3.75. The minimum atomic E-state index is -0.0281. The molecule has 0 aliphatic carbocycles. The van der Waals surface area contributed by atoms with Crippen LogP contribution in [0.15, 0.2) is 78.9 Å². The number of piperazine rings is 1. The Morgan fingerprint density at radius 1 is 0.800 bits per heavy atom. The van der Waals surface area contributed by atoms with Crippen molar-refractivity contribution < 1.29 is 4.79 Å². The third-order valence-corrected chi connectivity index (χ3v) is 5.67. The largest absolute Gasteiger partial charge is 0.369 e. The van der Waals surface area contributed by atoms with Crippen molar-refractivity contribution in [2.75, 3.05) is 36.4 Å². The number of benzene rings is 3. The predicted molar refractivity (Wildman–Crippen MR) is 124 cm³/mol. The fourth-order valence-corrected chi connectivity index (χ4v) is 3.88. The van der Waals surface area contributed by atoms with E-state index < -0.39 is 0 Å². The molecular weight excluding hydrogens is 394 g/mol. The van der Waals surface area contributed by atoms with Crippen molar-refractivity contribution in [2.24, 2.45) is 0 Å². The summed E-state index contributed by atoms with van der Waals surface area (Å²) >= 11 is 5.89. The van der Waals surface area contributed by atoms with E-state index in [1.807, 2.05) is 24.3 Å². The number of halogens is 1. The first kappa shape index (κ1) is 20.5. The summed E-state index contributed by atoms with van der Waals surface area (Å²) in [7, 11) is 0. The van der Waals surface area contributed by atoms with E-state index in [2.05, 4.69) is 57.6 Å². The molecule has 5 heteroatoms. The molecule has 0 bridgehead atoms. The van der Waals surface area contributed by atoms with Crippen molar-refractivity contribution >= 4 is 28.9 Å². The maximum Gasteiger partial charge on any atom is 0.228 e. The van der Waals surface area contributed by atoms with Gasteiger partial charge in [0.1, 0.15) is 0 Å². The van der Waals surface area contributed by atoms with Crippen molar-refractivity contribution in [3.63, 3.8) is 0 Å². The molecule has 3 aromatic rings. The van der Waals surface area contributed by atoms with Crippen LogP contribution in [0.25, 0.3) is 0 Å². The molecule has 1 N–H and O–H groups in total. The van der Waals surface area contributed by atoms with Gasteiger partial charge in [0.25, 0.3) is 0 Å². The normalized spacial score (nSPS) is 14.5. The van der Waals surface area contributed by atoms with Gasteiger partial charge in [-0.05, 0) is 47.5 Å². The summed E-state index contributed by atoms with van der Waals surface area (Å²) in [6, 6.07) is 26.1. The molecule has 0 saturated carbocycles. The summed E-state index contributed by atoms with van der Waals surface area (Å²) in [4.78, 5) is 17.2. The third-order valence-electron chi connectivity index (χ3n) is 5.42. The van der Waals surface area contributed by atoms with E-state index in [4.69, 9.17) is 11.6 Å².